The Bertz CT molecular complexity index is 1140. The van der Waals surface area contributed by atoms with Crippen LogP contribution >= 0.6 is 0 Å². The van der Waals surface area contributed by atoms with Gasteiger partial charge in [0.1, 0.15) is 34.8 Å². The molecular weight excluding hydrogens is 382 g/mol. The molecule has 1 aliphatic heterocycles. The third-order valence-electron chi connectivity index (χ3n) is 4.42. The van der Waals surface area contributed by atoms with Gasteiger partial charge in [0.05, 0.1) is 6.20 Å². The van der Waals surface area contributed by atoms with Crippen LogP contribution in [0.15, 0.2) is 66.5 Å². The summed E-state index contributed by atoms with van der Waals surface area (Å²) in [6.07, 6.45) is 2.51. The lowest BCUT2D eigenvalue weighted by atomic mass is 10.0. The van der Waals surface area contributed by atoms with Crippen LogP contribution in [0.3, 0.4) is 0 Å². The molecule has 1 aliphatic rings. The normalized spacial score (nSPS) is 15.1. The van der Waals surface area contributed by atoms with Crippen LogP contribution in [0.4, 0.5) is 20.3 Å². The highest BCUT2D eigenvalue weighted by Gasteiger charge is 2.30. The molecule has 0 radical (unpaired) electrons. The second-order valence-electron chi connectivity index (χ2n) is 6.29. The molecule has 1 aromatic heterocycles. The average molecular weight is 396 g/mol. The number of allylic oxidation sites excluding steroid dienone is 1. The van der Waals surface area contributed by atoms with Crippen molar-refractivity contribution in [2.75, 3.05) is 10.6 Å². The van der Waals surface area contributed by atoms with Gasteiger partial charge in [0.2, 0.25) is 0 Å². The molecule has 0 unspecified atom stereocenters. The Morgan fingerprint density at radius 1 is 1.14 bits per heavy atom. The van der Waals surface area contributed by atoms with Crippen molar-refractivity contribution in [3.63, 3.8) is 0 Å². The van der Waals surface area contributed by atoms with Crippen LogP contribution in [-0.4, -0.2) is 26.8 Å². The van der Waals surface area contributed by atoms with Crippen LogP contribution < -0.4 is 10.6 Å². The predicted octanol–water partition coefficient (Wildman–Crippen LogP) is 3.40. The molecule has 1 amide bonds. The molecule has 146 valence electrons. The van der Waals surface area contributed by atoms with E-state index in [4.69, 9.17) is 0 Å². The van der Waals surface area contributed by atoms with Crippen molar-refractivity contribution in [3.8, 4) is 0 Å². The molecule has 7 nitrogen and oxygen atoms in total. The summed E-state index contributed by atoms with van der Waals surface area (Å²) in [7, 11) is 0. The highest BCUT2D eigenvalue weighted by molar-refractivity contribution is 6.08. The predicted molar refractivity (Wildman–Crippen MR) is 100 cm³/mol. The molecule has 4 rings (SSSR count). The zero-order valence-corrected chi connectivity index (χ0v) is 14.8. The van der Waals surface area contributed by atoms with Gasteiger partial charge in [-0.25, -0.2) is 18.3 Å². The number of nitrogens with zero attached hydrogens (tertiary/aromatic N) is 2. The smallest absolute Gasteiger partial charge is 0.352 e. The minimum atomic E-state index is -1.29. The third kappa shape index (κ3) is 3.45. The Labute approximate surface area is 163 Å². The van der Waals surface area contributed by atoms with Crippen LogP contribution in [0.25, 0.3) is 0 Å². The number of aromatic nitrogens is 2. The molecule has 2 aromatic carbocycles. The molecule has 9 heteroatoms. The van der Waals surface area contributed by atoms with E-state index in [9.17, 15) is 23.5 Å². The Balaban J connectivity index is 1.76. The molecule has 0 saturated heterocycles. The number of fused-ring (bicyclic) bond motifs is 1. The highest BCUT2D eigenvalue weighted by Crippen LogP contribution is 2.33. The Morgan fingerprint density at radius 3 is 2.59 bits per heavy atom. The summed E-state index contributed by atoms with van der Waals surface area (Å²) in [5, 5.41) is 18.9. The molecular formula is C20H14F2N4O3. The third-order valence-corrected chi connectivity index (χ3v) is 4.42. The van der Waals surface area contributed by atoms with Gasteiger partial charge in [-0.15, -0.1) is 0 Å². The summed E-state index contributed by atoms with van der Waals surface area (Å²) < 4.78 is 28.9. The van der Waals surface area contributed by atoms with E-state index in [0.29, 0.717) is 11.8 Å². The summed E-state index contributed by atoms with van der Waals surface area (Å²) in [5.74, 6) is -3.33. The van der Waals surface area contributed by atoms with E-state index in [1.54, 1.807) is 30.3 Å². The largest absolute Gasteiger partial charge is 0.477 e. The first kappa shape index (κ1) is 18.4. The van der Waals surface area contributed by atoms with Crippen molar-refractivity contribution in [1.82, 2.24) is 9.78 Å². The molecule has 3 aromatic rings. The summed E-state index contributed by atoms with van der Waals surface area (Å²) in [5.41, 5.74) is 0.392. The maximum absolute atomic E-state index is 14.4. The number of carboxylic acids is 1. The maximum atomic E-state index is 14.4. The molecule has 0 saturated carbocycles. The summed E-state index contributed by atoms with van der Waals surface area (Å²) >= 11 is 0. The molecule has 29 heavy (non-hydrogen) atoms. The topological polar surface area (TPSA) is 96.2 Å². The quantitative estimate of drug-likeness (QED) is 0.628. The van der Waals surface area contributed by atoms with Crippen LogP contribution in [-0.2, 0) is 4.79 Å². The van der Waals surface area contributed by atoms with Crippen molar-refractivity contribution in [3.05, 3.63) is 89.3 Å². The Hall–Kier alpha value is -4.01. The van der Waals surface area contributed by atoms with E-state index in [2.05, 4.69) is 15.7 Å². The second-order valence-corrected chi connectivity index (χ2v) is 6.29. The average Bonchev–Trinajstić information content (AvgIpc) is 3.12. The van der Waals surface area contributed by atoms with Crippen LogP contribution in [0.2, 0.25) is 0 Å². The van der Waals surface area contributed by atoms with Crippen molar-refractivity contribution in [2.24, 2.45) is 0 Å². The fourth-order valence-corrected chi connectivity index (χ4v) is 3.07. The molecule has 2 heterocycles. The number of aliphatic carboxylic acids is 1. The zero-order valence-electron chi connectivity index (χ0n) is 14.8. The fraction of sp³-hybridized carbons (Fsp3) is 0.0500. The van der Waals surface area contributed by atoms with Gasteiger partial charge < -0.3 is 15.7 Å². The van der Waals surface area contributed by atoms with Gasteiger partial charge >= 0.3 is 5.97 Å². The Morgan fingerprint density at radius 2 is 1.90 bits per heavy atom. The van der Waals surface area contributed by atoms with Gasteiger partial charge in [-0.3, -0.25) is 4.79 Å². The van der Waals surface area contributed by atoms with E-state index in [-0.39, 0.29) is 22.6 Å². The van der Waals surface area contributed by atoms with Crippen molar-refractivity contribution in [1.29, 1.82) is 0 Å². The van der Waals surface area contributed by atoms with Crippen molar-refractivity contribution < 1.29 is 23.5 Å². The van der Waals surface area contributed by atoms with E-state index < -0.39 is 29.6 Å². The number of carbonyl (C=O) groups is 2. The van der Waals surface area contributed by atoms with Gasteiger partial charge in [0, 0.05) is 17.3 Å². The number of benzene rings is 2. The number of nitrogens with one attached hydrogen (secondary N) is 2. The number of rotatable bonds is 4. The lowest BCUT2D eigenvalue weighted by Gasteiger charge is -2.24. The van der Waals surface area contributed by atoms with E-state index in [0.717, 1.165) is 6.07 Å². The summed E-state index contributed by atoms with van der Waals surface area (Å²) in [4.78, 5) is 24.2. The standard InChI is InChI=1S/C20H14F2N4O3/c21-11-6-7-13(15(22)8-11)17-9-16(20(28)29)25-18-14(10-23-26(17)18)19(27)24-12-4-2-1-3-5-12/h1-10,17,25H,(H,24,27)(H,28,29)/t17-/m0/s1. The number of para-hydroxylation sites is 1. The highest BCUT2D eigenvalue weighted by atomic mass is 19.1. The number of carboxylic acid groups (broad SMARTS) is 1. The second kappa shape index (κ2) is 7.19. The van der Waals surface area contributed by atoms with Crippen LogP contribution in [0.1, 0.15) is 22.0 Å². The van der Waals surface area contributed by atoms with E-state index in [1.165, 1.54) is 23.0 Å². The summed E-state index contributed by atoms with van der Waals surface area (Å²) in [6.45, 7) is 0. The number of hydrogen-bond donors (Lipinski definition) is 3. The van der Waals surface area contributed by atoms with E-state index in [1.807, 2.05) is 0 Å². The SMILES string of the molecule is O=C(O)C1=C[C@@H](c2ccc(F)cc2F)n2ncc(C(=O)Nc3ccccc3)c2N1. The van der Waals surface area contributed by atoms with Gasteiger partial charge in [-0.2, -0.15) is 5.10 Å². The van der Waals surface area contributed by atoms with Gasteiger partial charge in [-0.1, -0.05) is 24.3 Å². The number of amides is 1. The molecule has 0 spiro atoms. The first-order valence-corrected chi connectivity index (χ1v) is 8.55. The lowest BCUT2D eigenvalue weighted by Crippen LogP contribution is -2.26. The Kier molecular flexibility index (Phi) is 4.55. The van der Waals surface area contributed by atoms with E-state index >= 15 is 0 Å². The number of halogens is 2. The summed E-state index contributed by atoms with van der Waals surface area (Å²) in [6, 6.07) is 10.7. The molecule has 3 N–H and O–H groups in total. The maximum Gasteiger partial charge on any atom is 0.352 e. The minimum absolute atomic E-state index is 0.0195. The number of carbonyl (C=O) groups excluding carboxylic acids is 1. The van der Waals surface area contributed by atoms with Gasteiger partial charge in [0.25, 0.3) is 5.91 Å². The molecule has 0 aliphatic carbocycles. The molecule has 0 bridgehead atoms. The van der Waals surface area contributed by atoms with Crippen LogP contribution in [0, 0.1) is 11.6 Å². The zero-order chi connectivity index (χ0) is 20.5. The van der Waals surface area contributed by atoms with Crippen molar-refractivity contribution in [2.45, 2.75) is 6.04 Å². The monoisotopic (exact) mass is 396 g/mol. The van der Waals surface area contributed by atoms with Crippen molar-refractivity contribution >= 4 is 23.4 Å². The lowest BCUT2D eigenvalue weighted by molar-refractivity contribution is -0.132. The number of hydrogen-bond acceptors (Lipinski definition) is 4. The van der Waals surface area contributed by atoms with Gasteiger partial charge in [0.15, 0.2) is 0 Å². The first-order valence-electron chi connectivity index (χ1n) is 8.55. The number of anilines is 2. The first-order chi connectivity index (χ1) is 13.9. The molecule has 0 fully saturated rings. The fourth-order valence-electron chi connectivity index (χ4n) is 3.07. The van der Waals surface area contributed by atoms with Crippen LogP contribution in [0.5, 0.6) is 0 Å². The van der Waals surface area contributed by atoms with Gasteiger partial charge in [-0.05, 0) is 24.3 Å². The molecule has 1 atom stereocenters. The minimum Gasteiger partial charge on any atom is -0.477 e.